The lowest BCUT2D eigenvalue weighted by Crippen LogP contribution is -2.34. The van der Waals surface area contributed by atoms with Crippen molar-refractivity contribution in [2.75, 3.05) is 38.3 Å². The van der Waals surface area contributed by atoms with Crippen LogP contribution in [0.5, 0.6) is 0 Å². The van der Waals surface area contributed by atoms with Gasteiger partial charge in [-0.25, -0.2) is 4.79 Å². The fourth-order valence-electron chi connectivity index (χ4n) is 2.99. The third-order valence-corrected chi connectivity index (χ3v) is 4.79. The van der Waals surface area contributed by atoms with E-state index in [0.29, 0.717) is 17.5 Å². The van der Waals surface area contributed by atoms with Crippen molar-refractivity contribution in [1.82, 2.24) is 4.90 Å². The summed E-state index contributed by atoms with van der Waals surface area (Å²) in [6.45, 7) is 4.01. The SMILES string of the molecule is CSc1cccc(N2CC(C)C(N(C)C)C2)c1C(=O)O. The second-order valence-electron chi connectivity index (χ2n) is 5.57. The summed E-state index contributed by atoms with van der Waals surface area (Å²) in [7, 11) is 4.17. The average Bonchev–Trinajstić information content (AvgIpc) is 2.79. The molecule has 4 nitrogen and oxygen atoms in total. The maximum atomic E-state index is 11.6. The van der Waals surface area contributed by atoms with Crippen LogP contribution in [-0.2, 0) is 0 Å². The Hall–Kier alpha value is -1.20. The lowest BCUT2D eigenvalue weighted by atomic mass is 10.1. The minimum atomic E-state index is -0.842. The molecule has 0 spiro atoms. The van der Waals surface area contributed by atoms with Crippen LogP contribution in [0.1, 0.15) is 17.3 Å². The van der Waals surface area contributed by atoms with Gasteiger partial charge in [-0.15, -0.1) is 11.8 Å². The number of rotatable bonds is 4. The summed E-state index contributed by atoms with van der Waals surface area (Å²) < 4.78 is 0. The van der Waals surface area contributed by atoms with E-state index < -0.39 is 5.97 Å². The number of carboxylic acids is 1. The molecule has 2 unspecified atom stereocenters. The third kappa shape index (κ3) is 2.79. The van der Waals surface area contributed by atoms with Crippen LogP contribution in [-0.4, -0.2) is 55.5 Å². The lowest BCUT2D eigenvalue weighted by Gasteiger charge is -2.24. The first-order chi connectivity index (χ1) is 9.45. The van der Waals surface area contributed by atoms with Gasteiger partial charge in [0.25, 0.3) is 0 Å². The maximum absolute atomic E-state index is 11.6. The van der Waals surface area contributed by atoms with E-state index in [9.17, 15) is 9.90 Å². The monoisotopic (exact) mass is 294 g/mol. The van der Waals surface area contributed by atoms with Crippen molar-refractivity contribution in [1.29, 1.82) is 0 Å². The Kier molecular flexibility index (Phi) is 4.60. The minimum absolute atomic E-state index is 0.437. The normalized spacial score (nSPS) is 22.6. The minimum Gasteiger partial charge on any atom is -0.478 e. The van der Waals surface area contributed by atoms with Crippen LogP contribution in [0.2, 0.25) is 0 Å². The third-order valence-electron chi connectivity index (χ3n) is 4.01. The van der Waals surface area contributed by atoms with Crippen molar-refractivity contribution in [3.63, 3.8) is 0 Å². The smallest absolute Gasteiger partial charge is 0.338 e. The van der Waals surface area contributed by atoms with Crippen LogP contribution >= 0.6 is 11.8 Å². The van der Waals surface area contributed by atoms with E-state index in [4.69, 9.17) is 0 Å². The molecule has 1 aliphatic rings. The first-order valence-corrected chi connectivity index (χ1v) is 7.99. The van der Waals surface area contributed by atoms with Gasteiger partial charge < -0.3 is 14.9 Å². The quantitative estimate of drug-likeness (QED) is 0.864. The first-order valence-electron chi connectivity index (χ1n) is 6.77. The Morgan fingerprint density at radius 1 is 1.40 bits per heavy atom. The molecule has 5 heteroatoms. The van der Waals surface area contributed by atoms with Gasteiger partial charge in [0.15, 0.2) is 0 Å². The number of hydrogen-bond acceptors (Lipinski definition) is 4. The Balaban J connectivity index is 2.37. The van der Waals surface area contributed by atoms with Gasteiger partial charge in [-0.2, -0.15) is 0 Å². The highest BCUT2D eigenvalue weighted by Crippen LogP contribution is 2.33. The molecule has 0 radical (unpaired) electrons. The number of carboxylic acid groups (broad SMARTS) is 1. The highest BCUT2D eigenvalue weighted by molar-refractivity contribution is 7.98. The van der Waals surface area contributed by atoms with Crippen molar-refractivity contribution in [3.05, 3.63) is 23.8 Å². The van der Waals surface area contributed by atoms with Gasteiger partial charge in [0.2, 0.25) is 0 Å². The van der Waals surface area contributed by atoms with E-state index >= 15 is 0 Å². The number of benzene rings is 1. The standard InChI is InChI=1S/C15H22N2O2S/c1-10-8-17(9-12(10)16(2)3)11-6-5-7-13(20-4)14(11)15(18)19/h5-7,10,12H,8-9H2,1-4H3,(H,18,19). The number of likely N-dealkylation sites (N-methyl/N-ethyl adjacent to an activating group) is 1. The first kappa shape index (κ1) is 15.2. The number of hydrogen-bond donors (Lipinski definition) is 1. The van der Waals surface area contributed by atoms with Gasteiger partial charge in [0.05, 0.1) is 11.3 Å². The topological polar surface area (TPSA) is 43.8 Å². The molecule has 1 fully saturated rings. The summed E-state index contributed by atoms with van der Waals surface area (Å²) in [6.07, 6.45) is 1.92. The Labute approximate surface area is 124 Å². The van der Waals surface area contributed by atoms with Crippen LogP contribution in [0.15, 0.2) is 23.1 Å². The number of aromatic carboxylic acids is 1. The second kappa shape index (κ2) is 6.06. The van der Waals surface area contributed by atoms with Gasteiger partial charge in [-0.05, 0) is 38.4 Å². The molecule has 0 saturated carbocycles. The lowest BCUT2D eigenvalue weighted by molar-refractivity contribution is 0.0694. The predicted octanol–water partition coefficient (Wildman–Crippen LogP) is 2.49. The molecule has 1 aromatic carbocycles. The fraction of sp³-hybridized carbons (Fsp3) is 0.533. The Morgan fingerprint density at radius 2 is 2.10 bits per heavy atom. The number of thioether (sulfide) groups is 1. The van der Waals surface area contributed by atoms with Crippen LogP contribution in [0, 0.1) is 5.92 Å². The number of anilines is 1. The molecule has 0 aliphatic carbocycles. The molecule has 0 bridgehead atoms. The molecule has 1 heterocycles. The van der Waals surface area contributed by atoms with Crippen LogP contribution < -0.4 is 4.90 Å². The Morgan fingerprint density at radius 3 is 2.60 bits per heavy atom. The van der Waals surface area contributed by atoms with E-state index in [-0.39, 0.29) is 0 Å². The van der Waals surface area contributed by atoms with Crippen molar-refractivity contribution in [2.45, 2.75) is 17.9 Å². The van der Waals surface area contributed by atoms with E-state index in [0.717, 1.165) is 23.7 Å². The highest BCUT2D eigenvalue weighted by Gasteiger charge is 2.33. The molecule has 1 saturated heterocycles. The molecule has 1 aromatic rings. The van der Waals surface area contributed by atoms with Gasteiger partial charge >= 0.3 is 5.97 Å². The van der Waals surface area contributed by atoms with Crippen molar-refractivity contribution >= 4 is 23.4 Å². The summed E-state index contributed by atoms with van der Waals surface area (Å²) in [4.78, 5) is 16.9. The summed E-state index contributed by atoms with van der Waals surface area (Å²) >= 11 is 1.49. The summed E-state index contributed by atoms with van der Waals surface area (Å²) in [6, 6.07) is 6.21. The van der Waals surface area contributed by atoms with Gasteiger partial charge in [0, 0.05) is 24.0 Å². The van der Waals surface area contributed by atoms with Gasteiger partial charge in [-0.1, -0.05) is 13.0 Å². The number of carbonyl (C=O) groups is 1. The largest absolute Gasteiger partial charge is 0.478 e. The highest BCUT2D eigenvalue weighted by atomic mass is 32.2. The zero-order chi connectivity index (χ0) is 14.9. The van der Waals surface area contributed by atoms with E-state index in [1.165, 1.54) is 11.8 Å². The van der Waals surface area contributed by atoms with Crippen molar-refractivity contribution in [3.8, 4) is 0 Å². The predicted molar refractivity (Wildman–Crippen MR) is 84.0 cm³/mol. The fourth-order valence-corrected chi connectivity index (χ4v) is 3.60. The second-order valence-corrected chi connectivity index (χ2v) is 6.42. The zero-order valence-corrected chi connectivity index (χ0v) is 13.3. The van der Waals surface area contributed by atoms with Crippen LogP contribution in [0.3, 0.4) is 0 Å². The van der Waals surface area contributed by atoms with Gasteiger partial charge in [0.1, 0.15) is 0 Å². The Bertz CT molecular complexity index is 505. The molecule has 20 heavy (non-hydrogen) atoms. The summed E-state index contributed by atoms with van der Waals surface area (Å²) in [5.74, 6) is -0.310. The van der Waals surface area contributed by atoms with Crippen molar-refractivity contribution in [2.24, 2.45) is 5.92 Å². The summed E-state index contributed by atoms with van der Waals surface area (Å²) in [5, 5.41) is 9.53. The molecular weight excluding hydrogens is 272 g/mol. The average molecular weight is 294 g/mol. The number of nitrogens with zero attached hydrogens (tertiary/aromatic N) is 2. The van der Waals surface area contributed by atoms with E-state index in [1.54, 1.807) is 0 Å². The molecule has 0 aromatic heterocycles. The van der Waals surface area contributed by atoms with Crippen LogP contribution in [0.25, 0.3) is 0 Å². The zero-order valence-electron chi connectivity index (χ0n) is 12.5. The molecule has 0 amide bonds. The molecular formula is C15H22N2O2S. The molecule has 1 N–H and O–H groups in total. The summed E-state index contributed by atoms with van der Waals surface area (Å²) in [5.41, 5.74) is 1.28. The van der Waals surface area contributed by atoms with Crippen molar-refractivity contribution < 1.29 is 9.90 Å². The molecule has 1 aliphatic heterocycles. The molecule has 110 valence electrons. The van der Waals surface area contributed by atoms with Crippen LogP contribution in [0.4, 0.5) is 5.69 Å². The molecule has 2 atom stereocenters. The van der Waals surface area contributed by atoms with E-state index in [2.05, 4.69) is 30.8 Å². The van der Waals surface area contributed by atoms with Gasteiger partial charge in [-0.3, -0.25) is 0 Å². The van der Waals surface area contributed by atoms with E-state index in [1.807, 2.05) is 24.5 Å². The molecule has 2 rings (SSSR count). The maximum Gasteiger partial charge on any atom is 0.338 e.